The average molecular weight is 226 g/mol. The first-order valence-electron chi connectivity index (χ1n) is 5.50. The molecule has 0 radical (unpaired) electrons. The van der Waals surface area contributed by atoms with Crippen molar-refractivity contribution in [1.82, 2.24) is 4.90 Å². The number of aldehydes is 1. The van der Waals surface area contributed by atoms with Gasteiger partial charge in [-0.15, -0.1) is 4.91 Å². The Morgan fingerprint density at radius 3 is 2.56 bits per heavy atom. The van der Waals surface area contributed by atoms with Crippen LogP contribution in [-0.4, -0.2) is 35.7 Å². The smallest absolute Gasteiger partial charge is 0.252 e. The van der Waals surface area contributed by atoms with Gasteiger partial charge >= 0.3 is 0 Å². The predicted molar refractivity (Wildman–Crippen MR) is 59.8 cm³/mol. The number of nitroso groups, excluding NO2 is 1. The molecule has 1 aliphatic heterocycles. The third-order valence-electron chi connectivity index (χ3n) is 2.90. The summed E-state index contributed by atoms with van der Waals surface area (Å²) in [7, 11) is 0. The van der Waals surface area contributed by atoms with Gasteiger partial charge in [-0.2, -0.15) is 0 Å². The van der Waals surface area contributed by atoms with Crippen molar-refractivity contribution < 1.29 is 9.59 Å². The molecule has 2 atom stereocenters. The first-order chi connectivity index (χ1) is 7.41. The molecule has 1 fully saturated rings. The monoisotopic (exact) mass is 226 g/mol. The van der Waals surface area contributed by atoms with Gasteiger partial charge in [0.1, 0.15) is 6.29 Å². The standard InChI is InChI=1S/C11H18N2O3/c1-11(2,3)9(12-16)10(15)13-6-4-5-8(13)7-14/h7-9H,4-6H2,1-3H3/t8-,9+/m0/s1. The highest BCUT2D eigenvalue weighted by Crippen LogP contribution is 2.27. The van der Waals surface area contributed by atoms with Gasteiger partial charge in [-0.1, -0.05) is 25.9 Å². The first kappa shape index (κ1) is 12.8. The Labute approximate surface area is 95.2 Å². The molecule has 0 aromatic heterocycles. The molecule has 0 aliphatic carbocycles. The van der Waals surface area contributed by atoms with E-state index in [0.717, 1.165) is 12.7 Å². The van der Waals surface area contributed by atoms with Crippen molar-refractivity contribution in [3.05, 3.63) is 4.91 Å². The van der Waals surface area contributed by atoms with Crippen LogP contribution in [0.25, 0.3) is 0 Å². The van der Waals surface area contributed by atoms with Crippen LogP contribution in [-0.2, 0) is 9.59 Å². The van der Waals surface area contributed by atoms with Crippen LogP contribution in [0.4, 0.5) is 0 Å². The summed E-state index contributed by atoms with van der Waals surface area (Å²) < 4.78 is 0. The molecule has 0 spiro atoms. The van der Waals surface area contributed by atoms with Crippen molar-refractivity contribution in [2.24, 2.45) is 10.6 Å². The zero-order valence-corrected chi connectivity index (χ0v) is 9.97. The molecule has 0 N–H and O–H groups in total. The maximum atomic E-state index is 12.1. The highest BCUT2D eigenvalue weighted by atomic mass is 16.3. The Bertz CT molecular complexity index is 296. The van der Waals surface area contributed by atoms with Crippen LogP contribution >= 0.6 is 0 Å². The maximum Gasteiger partial charge on any atom is 0.252 e. The minimum absolute atomic E-state index is 0.322. The van der Waals surface area contributed by atoms with Gasteiger partial charge in [0.25, 0.3) is 5.91 Å². The van der Waals surface area contributed by atoms with Crippen LogP contribution < -0.4 is 0 Å². The van der Waals surface area contributed by atoms with Crippen LogP contribution in [0.15, 0.2) is 5.18 Å². The lowest BCUT2D eigenvalue weighted by Crippen LogP contribution is -2.46. The van der Waals surface area contributed by atoms with E-state index in [4.69, 9.17) is 0 Å². The number of carbonyl (C=O) groups excluding carboxylic acids is 2. The first-order valence-corrected chi connectivity index (χ1v) is 5.50. The molecule has 5 nitrogen and oxygen atoms in total. The van der Waals surface area contributed by atoms with E-state index in [-0.39, 0.29) is 11.9 Å². The Balaban J connectivity index is 2.83. The van der Waals surface area contributed by atoms with Gasteiger partial charge in [-0.25, -0.2) is 0 Å². The van der Waals surface area contributed by atoms with Gasteiger partial charge in [0, 0.05) is 6.54 Å². The molecule has 5 heteroatoms. The maximum absolute atomic E-state index is 12.1. The fraction of sp³-hybridized carbons (Fsp3) is 0.818. The van der Waals surface area contributed by atoms with Crippen LogP contribution in [0.2, 0.25) is 0 Å². The number of nitrogens with zero attached hydrogens (tertiary/aromatic N) is 2. The van der Waals surface area contributed by atoms with Crippen LogP contribution in [0, 0.1) is 10.3 Å². The summed E-state index contributed by atoms with van der Waals surface area (Å²) in [6.45, 7) is 5.93. The quantitative estimate of drug-likeness (QED) is 0.539. The number of rotatable bonds is 3. The molecule has 0 aromatic carbocycles. The summed E-state index contributed by atoms with van der Waals surface area (Å²) in [4.78, 5) is 35.1. The van der Waals surface area contributed by atoms with Gasteiger partial charge in [0.15, 0.2) is 6.04 Å². The summed E-state index contributed by atoms with van der Waals surface area (Å²) in [5, 5.41) is 2.92. The van der Waals surface area contributed by atoms with Crippen molar-refractivity contribution in [3.8, 4) is 0 Å². The molecule has 1 saturated heterocycles. The van der Waals surface area contributed by atoms with Crippen molar-refractivity contribution in [3.63, 3.8) is 0 Å². The molecule has 0 saturated carbocycles. The molecule has 1 amide bonds. The third-order valence-corrected chi connectivity index (χ3v) is 2.90. The van der Waals surface area contributed by atoms with E-state index in [1.165, 1.54) is 4.90 Å². The summed E-state index contributed by atoms with van der Waals surface area (Å²) >= 11 is 0. The Morgan fingerprint density at radius 1 is 1.50 bits per heavy atom. The minimum atomic E-state index is -0.909. The molecule has 1 heterocycles. The lowest BCUT2D eigenvalue weighted by Gasteiger charge is -2.29. The number of hydrogen-bond acceptors (Lipinski definition) is 4. The van der Waals surface area contributed by atoms with Crippen LogP contribution in [0.3, 0.4) is 0 Å². The largest absolute Gasteiger partial charge is 0.331 e. The van der Waals surface area contributed by atoms with E-state index >= 15 is 0 Å². The molecule has 90 valence electrons. The van der Waals surface area contributed by atoms with Gasteiger partial charge in [-0.3, -0.25) is 4.79 Å². The van der Waals surface area contributed by atoms with E-state index in [1.807, 2.05) is 0 Å². The van der Waals surface area contributed by atoms with Crippen molar-refractivity contribution in [2.75, 3.05) is 6.54 Å². The van der Waals surface area contributed by atoms with E-state index in [0.29, 0.717) is 13.0 Å². The predicted octanol–water partition coefficient (Wildman–Crippen LogP) is 1.36. The van der Waals surface area contributed by atoms with Gasteiger partial charge in [-0.05, 0) is 18.3 Å². The van der Waals surface area contributed by atoms with E-state index in [1.54, 1.807) is 20.8 Å². The van der Waals surface area contributed by atoms with Crippen LogP contribution in [0.5, 0.6) is 0 Å². The number of likely N-dealkylation sites (tertiary alicyclic amines) is 1. The van der Waals surface area contributed by atoms with Crippen molar-refractivity contribution in [1.29, 1.82) is 0 Å². The SMILES string of the molecule is CC(C)(C)[C@H](N=O)C(=O)N1CCC[C@H]1C=O. The summed E-state index contributed by atoms with van der Waals surface area (Å²) in [5.41, 5.74) is -0.505. The van der Waals surface area contributed by atoms with Crippen molar-refractivity contribution >= 4 is 12.2 Å². The molecule has 0 bridgehead atoms. The molecular weight excluding hydrogens is 208 g/mol. The molecule has 1 rings (SSSR count). The molecular formula is C11H18N2O3. The van der Waals surface area contributed by atoms with Gasteiger partial charge in [0.05, 0.1) is 6.04 Å². The second-order valence-corrected chi connectivity index (χ2v) is 5.25. The topological polar surface area (TPSA) is 66.8 Å². The average Bonchev–Trinajstić information content (AvgIpc) is 2.63. The fourth-order valence-corrected chi connectivity index (χ4v) is 1.94. The number of amides is 1. The zero-order valence-electron chi connectivity index (χ0n) is 9.97. The van der Waals surface area contributed by atoms with E-state index < -0.39 is 11.5 Å². The number of hydrogen-bond donors (Lipinski definition) is 0. The fourth-order valence-electron chi connectivity index (χ4n) is 1.94. The zero-order chi connectivity index (χ0) is 12.3. The number of carbonyl (C=O) groups is 2. The summed E-state index contributed by atoms with van der Waals surface area (Å²) in [6.07, 6.45) is 2.27. The van der Waals surface area contributed by atoms with E-state index in [9.17, 15) is 14.5 Å². The highest BCUT2D eigenvalue weighted by molar-refractivity contribution is 5.85. The Morgan fingerprint density at radius 2 is 2.12 bits per heavy atom. The summed E-state index contributed by atoms with van der Waals surface area (Å²) in [6, 6.07) is -1.29. The molecule has 0 aromatic rings. The second-order valence-electron chi connectivity index (χ2n) is 5.25. The molecule has 0 unspecified atom stereocenters. The van der Waals surface area contributed by atoms with Crippen molar-refractivity contribution in [2.45, 2.75) is 45.7 Å². The normalized spacial score (nSPS) is 22.9. The lowest BCUT2D eigenvalue weighted by atomic mass is 9.86. The van der Waals surface area contributed by atoms with Gasteiger partial charge < -0.3 is 9.69 Å². The summed E-state index contributed by atoms with van der Waals surface area (Å²) in [5.74, 6) is -0.322. The minimum Gasteiger partial charge on any atom is -0.331 e. The second kappa shape index (κ2) is 4.72. The van der Waals surface area contributed by atoms with E-state index in [2.05, 4.69) is 5.18 Å². The Hall–Kier alpha value is -1.26. The van der Waals surface area contributed by atoms with Crippen LogP contribution in [0.1, 0.15) is 33.6 Å². The van der Waals surface area contributed by atoms with Gasteiger partial charge in [0.2, 0.25) is 0 Å². The molecule has 16 heavy (non-hydrogen) atoms. The third kappa shape index (κ3) is 2.46. The Kier molecular flexibility index (Phi) is 3.78. The highest BCUT2D eigenvalue weighted by Gasteiger charge is 2.39. The lowest BCUT2D eigenvalue weighted by molar-refractivity contribution is -0.137. The molecule has 1 aliphatic rings.